The van der Waals surface area contributed by atoms with Crippen molar-refractivity contribution in [3.63, 3.8) is 0 Å². The summed E-state index contributed by atoms with van der Waals surface area (Å²) in [5.74, 6) is -1.40. The van der Waals surface area contributed by atoms with Gasteiger partial charge in [-0.05, 0) is 70.8 Å². The van der Waals surface area contributed by atoms with Gasteiger partial charge in [-0.3, -0.25) is 4.79 Å². The third-order valence-electron chi connectivity index (χ3n) is 6.69. The van der Waals surface area contributed by atoms with Crippen LogP contribution >= 0.6 is 0 Å². The van der Waals surface area contributed by atoms with Crippen LogP contribution in [0.5, 0.6) is 0 Å². The lowest BCUT2D eigenvalue weighted by atomic mass is 9.93. The lowest BCUT2D eigenvalue weighted by Gasteiger charge is -2.12. The van der Waals surface area contributed by atoms with E-state index in [1.165, 1.54) is 30.4 Å². The van der Waals surface area contributed by atoms with Crippen LogP contribution in [0.15, 0.2) is 128 Å². The van der Waals surface area contributed by atoms with Crippen LogP contribution in [0.25, 0.3) is 39.5 Å². The second-order valence-electron chi connectivity index (χ2n) is 9.76. The van der Waals surface area contributed by atoms with Crippen LogP contribution in [0, 0.1) is 28.5 Å². The van der Waals surface area contributed by atoms with E-state index >= 15 is 0 Å². The molecule has 6 nitrogen and oxygen atoms in total. The van der Waals surface area contributed by atoms with E-state index in [1.54, 1.807) is 12.1 Å². The van der Waals surface area contributed by atoms with E-state index in [1.807, 2.05) is 72.8 Å². The number of benzene rings is 4. The van der Waals surface area contributed by atoms with E-state index in [0.717, 1.165) is 12.1 Å². The van der Waals surface area contributed by atoms with Crippen molar-refractivity contribution in [1.82, 2.24) is 15.0 Å². The van der Waals surface area contributed by atoms with Gasteiger partial charge in [-0.25, -0.2) is 23.7 Å². The largest absolute Gasteiger partial charge is 0.285 e. The highest BCUT2D eigenvalue weighted by atomic mass is 19.1. The van der Waals surface area contributed by atoms with Gasteiger partial charge in [0.25, 0.3) is 0 Å². The zero-order valence-electron chi connectivity index (χ0n) is 23.8. The molecule has 0 bridgehead atoms. The summed E-state index contributed by atoms with van der Waals surface area (Å²) in [6.07, 6.45) is 3.58. The minimum absolute atomic E-state index is 0.0886. The third-order valence-corrected chi connectivity index (χ3v) is 6.69. The molecule has 0 amide bonds. The van der Waals surface area contributed by atoms with Crippen molar-refractivity contribution in [2.24, 2.45) is 0 Å². The molecule has 0 aliphatic rings. The van der Waals surface area contributed by atoms with Gasteiger partial charge >= 0.3 is 0 Å². The Labute approximate surface area is 258 Å². The molecule has 8 heteroatoms. The number of hydrogen-bond acceptors (Lipinski definition) is 6. The average Bonchev–Trinajstić information content (AvgIpc) is 3.09. The first-order chi connectivity index (χ1) is 21.9. The molecule has 0 atom stereocenters. The Hall–Kier alpha value is -6.38. The van der Waals surface area contributed by atoms with Gasteiger partial charge in [0.05, 0.1) is 24.1 Å². The maximum Gasteiger partial charge on any atom is 0.230 e. The predicted octanol–water partition coefficient (Wildman–Crippen LogP) is 8.45. The van der Waals surface area contributed by atoms with Crippen molar-refractivity contribution >= 4 is 11.4 Å². The topological polar surface area (TPSA) is 103 Å². The van der Waals surface area contributed by atoms with Crippen LogP contribution in [-0.2, 0) is 0 Å². The molecule has 0 saturated heterocycles. The standard InChI is InChI=1S/C37H23F2N5O/c1-2-25(21-32(38)14-9-15-40)29-18-30(28-16-24(23-41)17-33(39)22-28)20-31(19-29)34(45)37-43-35(26-10-5-3-6-11-26)42-36(44-37)27-12-7-4-8-13-27/h2-8,10-14,16-22H,1,9H2. The summed E-state index contributed by atoms with van der Waals surface area (Å²) in [7, 11) is 0. The number of allylic oxidation sites excluding steroid dienone is 5. The van der Waals surface area contributed by atoms with E-state index in [2.05, 4.69) is 21.5 Å². The fraction of sp³-hybridized carbons (Fsp3) is 0.0270. The summed E-state index contributed by atoms with van der Waals surface area (Å²) in [5, 5.41) is 18.3. The Bertz CT molecular complexity index is 2000. The summed E-state index contributed by atoms with van der Waals surface area (Å²) in [4.78, 5) is 27.8. The first-order valence-electron chi connectivity index (χ1n) is 13.7. The number of carbonyl (C=O) groups is 1. The number of nitriles is 2. The number of hydrogen-bond donors (Lipinski definition) is 0. The molecule has 0 N–H and O–H groups in total. The molecule has 0 fully saturated rings. The van der Waals surface area contributed by atoms with Gasteiger partial charge in [0.15, 0.2) is 11.6 Å². The molecule has 0 aliphatic heterocycles. The minimum Gasteiger partial charge on any atom is -0.285 e. The van der Waals surface area contributed by atoms with Gasteiger partial charge in [0.2, 0.25) is 11.6 Å². The molecular formula is C37H23F2N5O. The monoisotopic (exact) mass is 591 g/mol. The minimum atomic E-state index is -0.667. The first-order valence-corrected chi connectivity index (χ1v) is 13.7. The number of ketones is 1. The molecule has 1 heterocycles. The number of carbonyl (C=O) groups excluding carboxylic acids is 1. The van der Waals surface area contributed by atoms with E-state index < -0.39 is 17.4 Å². The van der Waals surface area contributed by atoms with Crippen molar-refractivity contribution in [1.29, 1.82) is 10.5 Å². The molecule has 0 spiro atoms. The molecule has 0 saturated carbocycles. The van der Waals surface area contributed by atoms with Crippen LogP contribution in [-0.4, -0.2) is 20.7 Å². The first kappa shape index (κ1) is 30.1. The predicted molar refractivity (Wildman–Crippen MR) is 168 cm³/mol. The highest BCUT2D eigenvalue weighted by Gasteiger charge is 2.20. The smallest absolute Gasteiger partial charge is 0.230 e. The van der Waals surface area contributed by atoms with Gasteiger partial charge in [-0.15, -0.1) is 0 Å². The summed E-state index contributed by atoms with van der Waals surface area (Å²) < 4.78 is 29.1. The molecule has 0 radical (unpaired) electrons. The summed E-state index contributed by atoms with van der Waals surface area (Å²) in [5.41, 5.74) is 2.99. The molecule has 5 aromatic rings. The Balaban J connectivity index is 1.71. The molecule has 216 valence electrons. The summed E-state index contributed by atoms with van der Waals surface area (Å²) in [6.45, 7) is 3.79. The zero-order chi connectivity index (χ0) is 31.8. The summed E-state index contributed by atoms with van der Waals surface area (Å²) in [6, 6.07) is 30.7. The molecule has 45 heavy (non-hydrogen) atoms. The van der Waals surface area contributed by atoms with Gasteiger partial charge in [-0.1, -0.05) is 73.3 Å². The Morgan fingerprint density at radius 1 is 0.778 bits per heavy atom. The zero-order valence-corrected chi connectivity index (χ0v) is 23.8. The van der Waals surface area contributed by atoms with Gasteiger partial charge in [0, 0.05) is 16.7 Å². The molecule has 0 unspecified atom stereocenters. The number of rotatable bonds is 9. The fourth-order valence-corrected chi connectivity index (χ4v) is 4.56. The van der Waals surface area contributed by atoms with Crippen molar-refractivity contribution in [2.45, 2.75) is 6.42 Å². The van der Waals surface area contributed by atoms with E-state index in [-0.39, 0.29) is 23.4 Å². The Kier molecular flexibility index (Phi) is 9.18. The maximum absolute atomic E-state index is 14.6. The lowest BCUT2D eigenvalue weighted by Crippen LogP contribution is -2.11. The normalized spacial score (nSPS) is 11.4. The molecule has 4 aromatic carbocycles. The quantitative estimate of drug-likeness (QED) is 0.126. The van der Waals surface area contributed by atoms with Gasteiger partial charge in [0.1, 0.15) is 11.6 Å². The SMILES string of the molecule is C=CC(=CC(F)=CCC#N)c1cc(C(=O)c2nc(-c3ccccc3)nc(-c3ccccc3)n2)cc(-c2cc(F)cc(C#N)c2)c1. The number of halogens is 2. The second-order valence-corrected chi connectivity index (χ2v) is 9.76. The van der Waals surface area contributed by atoms with Crippen LogP contribution in [0.3, 0.4) is 0 Å². The van der Waals surface area contributed by atoms with Crippen LogP contribution in [0.1, 0.15) is 33.7 Å². The molecule has 5 rings (SSSR count). The molecule has 0 aliphatic carbocycles. The Morgan fingerprint density at radius 2 is 1.38 bits per heavy atom. The van der Waals surface area contributed by atoms with E-state index in [0.29, 0.717) is 45.0 Å². The van der Waals surface area contributed by atoms with Crippen LogP contribution in [0.2, 0.25) is 0 Å². The molecule has 1 aromatic heterocycles. The average molecular weight is 592 g/mol. The van der Waals surface area contributed by atoms with Crippen molar-refractivity contribution in [3.8, 4) is 46.0 Å². The lowest BCUT2D eigenvalue weighted by molar-refractivity contribution is 0.102. The van der Waals surface area contributed by atoms with E-state index in [4.69, 9.17) is 5.26 Å². The van der Waals surface area contributed by atoms with Crippen LogP contribution < -0.4 is 0 Å². The third kappa shape index (κ3) is 7.16. The molecular weight excluding hydrogens is 568 g/mol. The van der Waals surface area contributed by atoms with E-state index in [9.17, 15) is 18.8 Å². The highest BCUT2D eigenvalue weighted by Crippen LogP contribution is 2.30. The Morgan fingerprint density at radius 3 is 1.96 bits per heavy atom. The highest BCUT2D eigenvalue weighted by molar-refractivity contribution is 6.08. The maximum atomic E-state index is 14.6. The van der Waals surface area contributed by atoms with Crippen molar-refractivity contribution in [3.05, 3.63) is 156 Å². The second kappa shape index (κ2) is 13.7. The summed E-state index contributed by atoms with van der Waals surface area (Å²) >= 11 is 0. The van der Waals surface area contributed by atoms with Crippen molar-refractivity contribution in [2.75, 3.05) is 0 Å². The van der Waals surface area contributed by atoms with Crippen LogP contribution in [0.4, 0.5) is 8.78 Å². The number of nitrogens with zero attached hydrogens (tertiary/aromatic N) is 5. The number of aromatic nitrogens is 3. The van der Waals surface area contributed by atoms with Gasteiger partial charge in [-0.2, -0.15) is 10.5 Å². The van der Waals surface area contributed by atoms with Crippen molar-refractivity contribution < 1.29 is 13.6 Å². The van der Waals surface area contributed by atoms with Gasteiger partial charge < -0.3 is 0 Å². The fourth-order valence-electron chi connectivity index (χ4n) is 4.56.